The first-order valence-electron chi connectivity index (χ1n) is 11.6. The Morgan fingerprint density at radius 3 is 2.18 bits per heavy atom. The second kappa shape index (κ2) is 11.2. The Morgan fingerprint density at radius 2 is 1.71 bits per heavy atom. The zero-order valence-corrected chi connectivity index (χ0v) is 22.1. The smallest absolute Gasteiger partial charge is 0.413 e. The van der Waals surface area contributed by atoms with E-state index in [1.54, 1.807) is 63.8 Å². The van der Waals surface area contributed by atoms with Crippen LogP contribution in [-0.2, 0) is 18.8 Å². The topological polar surface area (TPSA) is 59.1 Å². The third kappa shape index (κ3) is 7.29. The molecule has 2 rings (SSSR count). The van der Waals surface area contributed by atoms with Crippen molar-refractivity contribution in [2.75, 3.05) is 20.2 Å². The molecule has 0 bridgehead atoms. The van der Waals surface area contributed by atoms with Crippen molar-refractivity contribution >= 4 is 20.2 Å². The maximum Gasteiger partial charge on any atom is 0.413 e. The molecule has 0 radical (unpaired) electrons. The van der Waals surface area contributed by atoms with Gasteiger partial charge in [-0.25, -0.2) is 4.79 Å². The van der Waals surface area contributed by atoms with Gasteiger partial charge in [0.15, 0.2) is 8.32 Å². The molecule has 6 nitrogen and oxygen atoms in total. The van der Waals surface area contributed by atoms with E-state index in [1.165, 1.54) is 12.0 Å². The number of methoxy groups -OCH3 is 1. The van der Waals surface area contributed by atoms with Gasteiger partial charge in [0.05, 0.1) is 7.11 Å². The van der Waals surface area contributed by atoms with Crippen LogP contribution in [0.2, 0.25) is 19.6 Å². The summed E-state index contributed by atoms with van der Waals surface area (Å²) in [4.78, 5) is 29.0. The van der Waals surface area contributed by atoms with Crippen molar-refractivity contribution < 1.29 is 31.9 Å². The largest absolute Gasteiger partial charge is 0.467 e. The molecule has 1 aliphatic heterocycles. The van der Waals surface area contributed by atoms with Gasteiger partial charge in [0.25, 0.3) is 0 Å². The molecule has 1 heterocycles. The van der Waals surface area contributed by atoms with E-state index < -0.39 is 38.7 Å². The number of benzene rings is 1. The normalized spacial score (nSPS) is 21.9. The van der Waals surface area contributed by atoms with Gasteiger partial charge in [-0.3, -0.25) is 9.69 Å². The summed E-state index contributed by atoms with van der Waals surface area (Å²) in [5.74, 6) is -1.09. The fourth-order valence-electron chi connectivity index (χ4n) is 4.42. The first-order chi connectivity index (χ1) is 15.7. The van der Waals surface area contributed by atoms with Crippen molar-refractivity contribution in [1.82, 2.24) is 9.80 Å². The Hall–Kier alpha value is -1.91. The van der Waals surface area contributed by atoms with E-state index in [0.717, 1.165) is 0 Å². The minimum absolute atomic E-state index is 0.0760. The molecule has 1 saturated heterocycles. The maximum absolute atomic E-state index is 14.0. The lowest BCUT2D eigenvalue weighted by Gasteiger charge is -2.48. The van der Waals surface area contributed by atoms with Crippen molar-refractivity contribution in [1.29, 1.82) is 0 Å². The van der Waals surface area contributed by atoms with E-state index in [-0.39, 0.29) is 30.8 Å². The summed E-state index contributed by atoms with van der Waals surface area (Å²) in [5.41, 5.74) is 0.704. The third-order valence-electron chi connectivity index (χ3n) is 5.86. The van der Waals surface area contributed by atoms with Gasteiger partial charge >= 0.3 is 12.1 Å². The van der Waals surface area contributed by atoms with Gasteiger partial charge in [-0.2, -0.15) is 13.2 Å². The van der Waals surface area contributed by atoms with Crippen LogP contribution in [-0.4, -0.2) is 74.6 Å². The SMILES string of the molecule is COC(=O)[C@H]1CN([C@H](CC(O[Si](C)(C)C)C(F)(F)F)c2ccccc2)C[C@@H](C)N1C(=O)C(C)C. The van der Waals surface area contributed by atoms with Crippen LogP contribution in [0.4, 0.5) is 13.2 Å². The van der Waals surface area contributed by atoms with E-state index in [9.17, 15) is 22.8 Å². The van der Waals surface area contributed by atoms with E-state index in [4.69, 9.17) is 9.16 Å². The minimum atomic E-state index is -4.53. The van der Waals surface area contributed by atoms with Gasteiger partial charge in [0, 0.05) is 37.5 Å². The molecule has 4 atom stereocenters. The van der Waals surface area contributed by atoms with Crippen molar-refractivity contribution in [3.8, 4) is 0 Å². The van der Waals surface area contributed by atoms with Crippen molar-refractivity contribution in [2.24, 2.45) is 5.92 Å². The number of halogens is 3. The molecular weight excluding hydrogens is 465 g/mol. The minimum Gasteiger partial charge on any atom is -0.467 e. The van der Waals surface area contributed by atoms with E-state index in [0.29, 0.717) is 12.1 Å². The molecule has 10 heteroatoms. The van der Waals surface area contributed by atoms with Gasteiger partial charge in [0.2, 0.25) is 5.91 Å². The average Bonchev–Trinajstić information content (AvgIpc) is 2.74. The highest BCUT2D eigenvalue weighted by Gasteiger charge is 2.47. The predicted molar refractivity (Wildman–Crippen MR) is 127 cm³/mol. The quantitative estimate of drug-likeness (QED) is 0.383. The van der Waals surface area contributed by atoms with Crippen LogP contribution in [0, 0.1) is 5.92 Å². The van der Waals surface area contributed by atoms with Gasteiger partial charge in [-0.1, -0.05) is 44.2 Å². The number of carbonyl (C=O) groups excluding carboxylic acids is 2. The van der Waals surface area contributed by atoms with Crippen LogP contribution in [0.15, 0.2) is 30.3 Å². The molecule has 0 spiro atoms. The highest BCUT2D eigenvalue weighted by atomic mass is 28.4. The first kappa shape index (κ1) is 28.3. The van der Waals surface area contributed by atoms with Crippen molar-refractivity contribution in [3.05, 3.63) is 35.9 Å². The molecule has 192 valence electrons. The van der Waals surface area contributed by atoms with Crippen molar-refractivity contribution in [3.63, 3.8) is 0 Å². The van der Waals surface area contributed by atoms with Gasteiger partial charge in [0.1, 0.15) is 12.1 Å². The zero-order valence-electron chi connectivity index (χ0n) is 21.1. The number of carbonyl (C=O) groups is 2. The van der Waals surface area contributed by atoms with Crippen LogP contribution in [0.1, 0.15) is 38.8 Å². The molecule has 0 aliphatic carbocycles. The van der Waals surface area contributed by atoms with Gasteiger partial charge < -0.3 is 14.1 Å². The summed E-state index contributed by atoms with van der Waals surface area (Å²) in [6.45, 7) is 10.9. The molecule has 1 aromatic carbocycles. The van der Waals surface area contributed by atoms with Crippen LogP contribution in [0.5, 0.6) is 0 Å². The highest BCUT2D eigenvalue weighted by Crippen LogP contribution is 2.37. The molecule has 1 amide bonds. The van der Waals surface area contributed by atoms with Crippen LogP contribution >= 0.6 is 0 Å². The standard InChI is InChI=1S/C24H37F3N2O4Si/c1-16(2)22(30)29-17(3)14-28(15-20(29)23(31)32-4)19(18-11-9-8-10-12-18)13-21(24(25,26)27)33-34(5,6)7/h8-12,16-17,19-21H,13-15H2,1-7H3/t17-,19-,20-,21?/m1/s1. The number of piperazine rings is 1. The lowest BCUT2D eigenvalue weighted by Crippen LogP contribution is -2.63. The second-order valence-electron chi connectivity index (χ2n) is 10.2. The second-order valence-corrected chi connectivity index (χ2v) is 14.6. The number of rotatable bonds is 8. The number of hydrogen-bond acceptors (Lipinski definition) is 5. The van der Waals surface area contributed by atoms with Crippen LogP contribution in [0.25, 0.3) is 0 Å². The molecule has 1 fully saturated rings. The number of hydrogen-bond donors (Lipinski definition) is 0. The molecule has 1 aromatic rings. The Kier molecular flexibility index (Phi) is 9.34. The summed E-state index contributed by atoms with van der Waals surface area (Å²) in [5, 5.41) is 0. The van der Waals surface area contributed by atoms with Crippen molar-refractivity contribution in [2.45, 2.75) is 77.2 Å². The lowest BCUT2D eigenvalue weighted by molar-refractivity contribution is -0.204. The lowest BCUT2D eigenvalue weighted by atomic mass is 9.94. The maximum atomic E-state index is 14.0. The summed E-state index contributed by atoms with van der Waals surface area (Å²) in [6, 6.07) is 6.99. The molecule has 0 aromatic heterocycles. The Morgan fingerprint density at radius 1 is 1.12 bits per heavy atom. The van der Waals surface area contributed by atoms with Gasteiger partial charge in [-0.05, 0) is 32.1 Å². The van der Waals surface area contributed by atoms with Crippen LogP contribution in [0.3, 0.4) is 0 Å². The third-order valence-corrected chi connectivity index (χ3v) is 6.85. The summed E-state index contributed by atoms with van der Waals surface area (Å²) < 4.78 is 52.7. The fraction of sp³-hybridized carbons (Fsp3) is 0.667. The fourth-order valence-corrected chi connectivity index (χ4v) is 5.50. The first-order valence-corrected chi connectivity index (χ1v) is 15.0. The molecule has 34 heavy (non-hydrogen) atoms. The molecule has 0 saturated carbocycles. The monoisotopic (exact) mass is 502 g/mol. The number of amides is 1. The molecule has 0 N–H and O–H groups in total. The summed E-state index contributed by atoms with van der Waals surface area (Å²) >= 11 is 0. The number of esters is 1. The number of ether oxygens (including phenoxy) is 1. The van der Waals surface area contributed by atoms with E-state index in [1.807, 2.05) is 11.8 Å². The van der Waals surface area contributed by atoms with E-state index >= 15 is 0 Å². The molecule has 1 unspecified atom stereocenters. The Bertz CT molecular complexity index is 830. The Labute approximate surface area is 201 Å². The summed E-state index contributed by atoms with van der Waals surface area (Å²) in [7, 11) is -1.25. The van der Waals surface area contributed by atoms with Crippen LogP contribution < -0.4 is 0 Å². The molecular formula is C24H37F3N2O4Si. The average molecular weight is 503 g/mol. The number of alkyl halides is 3. The van der Waals surface area contributed by atoms with Gasteiger partial charge in [-0.15, -0.1) is 0 Å². The zero-order chi connectivity index (χ0) is 25.8. The predicted octanol–water partition coefficient (Wildman–Crippen LogP) is 4.63. The number of nitrogens with zero attached hydrogens (tertiary/aromatic N) is 2. The Balaban J connectivity index is 2.47. The molecule has 1 aliphatic rings. The summed E-state index contributed by atoms with van der Waals surface area (Å²) in [6.07, 6.45) is -6.78. The highest BCUT2D eigenvalue weighted by molar-refractivity contribution is 6.69. The van der Waals surface area contributed by atoms with E-state index in [2.05, 4.69) is 0 Å².